The number of rotatable bonds is 4. The lowest BCUT2D eigenvalue weighted by molar-refractivity contribution is -0.426. The summed E-state index contributed by atoms with van der Waals surface area (Å²) >= 11 is 1.49. The van der Waals surface area contributed by atoms with Crippen LogP contribution in [0.1, 0.15) is 10.4 Å². The molecule has 84 valence electrons. The lowest BCUT2D eigenvalue weighted by atomic mass is 10.1. The standard InChI is InChI=1S/C14H11NOS/c16-13(12-6-2-1-3-7-12)9-11-17-14-8-4-5-10-15-14/h1-11H/p+1. The molecule has 0 saturated heterocycles. The molecular formula is C14H12NOS+. The van der Waals surface area contributed by atoms with Crippen LogP contribution in [-0.2, 0) is 0 Å². The zero-order valence-corrected chi connectivity index (χ0v) is 9.98. The van der Waals surface area contributed by atoms with Gasteiger partial charge >= 0.3 is 0 Å². The molecule has 0 fully saturated rings. The SMILES string of the molecule is O=C(C=CSc1cccc[nH+]1)c1ccccc1. The highest BCUT2D eigenvalue weighted by Gasteiger charge is 2.00. The van der Waals surface area contributed by atoms with E-state index in [4.69, 9.17) is 0 Å². The molecule has 17 heavy (non-hydrogen) atoms. The fourth-order valence-electron chi connectivity index (χ4n) is 1.32. The highest BCUT2D eigenvalue weighted by Crippen LogP contribution is 2.13. The van der Waals surface area contributed by atoms with Crippen molar-refractivity contribution in [2.75, 3.05) is 0 Å². The van der Waals surface area contributed by atoms with E-state index in [0.29, 0.717) is 5.56 Å². The van der Waals surface area contributed by atoms with E-state index in [1.807, 2.05) is 54.7 Å². The fourth-order valence-corrected chi connectivity index (χ4v) is 1.95. The van der Waals surface area contributed by atoms with Crippen molar-refractivity contribution in [2.45, 2.75) is 5.03 Å². The van der Waals surface area contributed by atoms with Gasteiger partial charge in [-0.3, -0.25) is 4.79 Å². The number of ketones is 1. The Hall–Kier alpha value is -1.87. The van der Waals surface area contributed by atoms with Crippen LogP contribution in [0.3, 0.4) is 0 Å². The average Bonchev–Trinajstić information content (AvgIpc) is 2.41. The Labute approximate surface area is 104 Å². The maximum absolute atomic E-state index is 11.7. The number of carbonyl (C=O) groups is 1. The van der Waals surface area contributed by atoms with E-state index < -0.39 is 0 Å². The van der Waals surface area contributed by atoms with Crippen molar-refractivity contribution < 1.29 is 9.78 Å². The Morgan fingerprint density at radius 3 is 2.53 bits per heavy atom. The van der Waals surface area contributed by atoms with Gasteiger partial charge in [0.15, 0.2) is 12.0 Å². The Kier molecular flexibility index (Phi) is 4.11. The van der Waals surface area contributed by atoms with Crippen molar-refractivity contribution in [1.82, 2.24) is 0 Å². The molecule has 0 aliphatic carbocycles. The summed E-state index contributed by atoms with van der Waals surface area (Å²) in [5.74, 6) is 0.0223. The molecule has 0 saturated carbocycles. The average molecular weight is 242 g/mol. The number of aromatic nitrogens is 1. The minimum absolute atomic E-state index is 0.0223. The number of nitrogens with one attached hydrogen (secondary N) is 1. The van der Waals surface area contributed by atoms with Crippen LogP contribution < -0.4 is 4.98 Å². The molecule has 0 atom stereocenters. The van der Waals surface area contributed by atoms with E-state index in [1.165, 1.54) is 11.8 Å². The second kappa shape index (κ2) is 6.01. The molecule has 1 aromatic carbocycles. The zero-order chi connectivity index (χ0) is 11.9. The number of pyridine rings is 1. The van der Waals surface area contributed by atoms with Crippen molar-refractivity contribution >= 4 is 17.5 Å². The first-order valence-corrected chi connectivity index (χ1v) is 6.13. The number of thioether (sulfide) groups is 1. The van der Waals surface area contributed by atoms with E-state index in [9.17, 15) is 4.79 Å². The molecule has 1 aromatic heterocycles. The number of hydrogen-bond donors (Lipinski definition) is 0. The van der Waals surface area contributed by atoms with Gasteiger partial charge in [-0.25, -0.2) is 4.98 Å². The van der Waals surface area contributed by atoms with Gasteiger partial charge in [-0.2, -0.15) is 0 Å². The van der Waals surface area contributed by atoms with E-state index >= 15 is 0 Å². The maximum Gasteiger partial charge on any atom is 0.242 e. The Balaban J connectivity index is 1.96. The van der Waals surface area contributed by atoms with E-state index in [1.54, 1.807) is 11.5 Å². The van der Waals surface area contributed by atoms with Gasteiger partial charge in [0.25, 0.3) is 0 Å². The Morgan fingerprint density at radius 2 is 1.82 bits per heavy atom. The number of benzene rings is 1. The van der Waals surface area contributed by atoms with Crippen molar-refractivity contribution in [1.29, 1.82) is 0 Å². The summed E-state index contributed by atoms with van der Waals surface area (Å²) in [6.45, 7) is 0. The molecule has 0 bridgehead atoms. The van der Waals surface area contributed by atoms with Gasteiger partial charge in [-0.15, -0.1) is 0 Å². The first-order chi connectivity index (χ1) is 8.36. The molecule has 0 aliphatic rings. The Morgan fingerprint density at radius 1 is 1.06 bits per heavy atom. The summed E-state index contributed by atoms with van der Waals surface area (Å²) < 4.78 is 0. The Bertz CT molecular complexity index is 508. The van der Waals surface area contributed by atoms with Crippen LogP contribution in [-0.4, -0.2) is 5.78 Å². The maximum atomic E-state index is 11.7. The molecule has 0 unspecified atom stereocenters. The molecule has 1 N–H and O–H groups in total. The van der Waals surface area contributed by atoms with Crippen LogP contribution in [0.5, 0.6) is 0 Å². The number of carbonyl (C=O) groups excluding carboxylic acids is 1. The smallest absolute Gasteiger partial charge is 0.242 e. The molecular weight excluding hydrogens is 230 g/mol. The first-order valence-electron chi connectivity index (χ1n) is 5.25. The number of aromatic amines is 1. The lowest BCUT2D eigenvalue weighted by Gasteiger charge is -1.93. The molecule has 0 spiro atoms. The van der Waals surface area contributed by atoms with Crippen LogP contribution in [0.2, 0.25) is 0 Å². The van der Waals surface area contributed by atoms with Crippen LogP contribution in [0, 0.1) is 0 Å². The van der Waals surface area contributed by atoms with E-state index in [-0.39, 0.29) is 5.78 Å². The topological polar surface area (TPSA) is 31.2 Å². The largest absolute Gasteiger partial charge is 0.289 e. The quantitative estimate of drug-likeness (QED) is 0.469. The monoisotopic (exact) mass is 242 g/mol. The summed E-state index contributed by atoms with van der Waals surface area (Å²) in [5.41, 5.74) is 0.710. The van der Waals surface area contributed by atoms with Crippen LogP contribution in [0.15, 0.2) is 71.2 Å². The van der Waals surface area contributed by atoms with Crippen LogP contribution in [0.25, 0.3) is 0 Å². The lowest BCUT2D eigenvalue weighted by Crippen LogP contribution is -2.02. The molecule has 0 amide bonds. The number of H-pyrrole nitrogens is 1. The molecule has 3 heteroatoms. The second-order valence-corrected chi connectivity index (χ2v) is 4.33. The summed E-state index contributed by atoms with van der Waals surface area (Å²) in [7, 11) is 0. The van der Waals surface area contributed by atoms with Crippen LogP contribution in [0.4, 0.5) is 0 Å². The van der Waals surface area contributed by atoms with Gasteiger partial charge in [0.05, 0.1) is 0 Å². The third-order valence-corrected chi connectivity index (χ3v) is 2.93. The van der Waals surface area contributed by atoms with E-state index in [0.717, 1.165) is 5.03 Å². The third kappa shape index (κ3) is 3.57. The summed E-state index contributed by atoms with van der Waals surface area (Å²) in [5, 5.41) is 2.80. The molecule has 0 radical (unpaired) electrons. The predicted molar refractivity (Wildman–Crippen MR) is 68.8 cm³/mol. The van der Waals surface area contributed by atoms with Gasteiger partial charge < -0.3 is 0 Å². The second-order valence-electron chi connectivity index (χ2n) is 3.38. The molecule has 2 rings (SSSR count). The third-order valence-electron chi connectivity index (χ3n) is 2.15. The van der Waals surface area contributed by atoms with Crippen molar-refractivity contribution in [3.05, 3.63) is 71.8 Å². The first kappa shape index (κ1) is 11.6. The zero-order valence-electron chi connectivity index (χ0n) is 9.17. The van der Waals surface area contributed by atoms with Gasteiger partial charge in [0, 0.05) is 17.7 Å². The van der Waals surface area contributed by atoms with Gasteiger partial charge in [0.2, 0.25) is 5.03 Å². The molecule has 1 heterocycles. The van der Waals surface area contributed by atoms with Gasteiger partial charge in [-0.1, -0.05) is 30.3 Å². The number of allylic oxidation sites excluding steroid dienone is 1. The van der Waals surface area contributed by atoms with Gasteiger partial charge in [-0.05, 0) is 29.3 Å². The fraction of sp³-hybridized carbons (Fsp3) is 0. The summed E-state index contributed by atoms with van der Waals surface area (Å²) in [6.07, 6.45) is 3.44. The highest BCUT2D eigenvalue weighted by molar-refractivity contribution is 8.02. The highest BCUT2D eigenvalue weighted by atomic mass is 32.2. The molecule has 2 aromatic rings. The molecule has 2 nitrogen and oxygen atoms in total. The van der Waals surface area contributed by atoms with Crippen molar-refractivity contribution in [3.63, 3.8) is 0 Å². The van der Waals surface area contributed by atoms with Crippen molar-refractivity contribution in [2.24, 2.45) is 0 Å². The summed E-state index contributed by atoms with van der Waals surface area (Å²) in [6, 6.07) is 15.1. The minimum atomic E-state index is 0.0223. The van der Waals surface area contributed by atoms with E-state index in [2.05, 4.69) is 4.98 Å². The summed E-state index contributed by atoms with van der Waals surface area (Å²) in [4.78, 5) is 14.8. The minimum Gasteiger partial charge on any atom is -0.289 e. The van der Waals surface area contributed by atoms with Crippen LogP contribution >= 0.6 is 11.8 Å². The van der Waals surface area contributed by atoms with Gasteiger partial charge in [0.1, 0.15) is 0 Å². The normalized spacial score (nSPS) is 10.6. The predicted octanol–water partition coefficient (Wildman–Crippen LogP) is 2.99. The molecule has 0 aliphatic heterocycles. The van der Waals surface area contributed by atoms with Crippen molar-refractivity contribution in [3.8, 4) is 0 Å². The number of hydrogen-bond acceptors (Lipinski definition) is 2.